The summed E-state index contributed by atoms with van der Waals surface area (Å²) < 4.78 is 16.5. The minimum absolute atomic E-state index is 0.0399. The van der Waals surface area contributed by atoms with E-state index in [0.29, 0.717) is 49.6 Å². The van der Waals surface area contributed by atoms with Crippen molar-refractivity contribution in [3.8, 4) is 11.5 Å². The average molecular weight is 436 g/mol. The topological polar surface area (TPSA) is 167 Å². The molecule has 2 aromatic rings. The van der Waals surface area contributed by atoms with E-state index in [1.54, 1.807) is 14.2 Å². The van der Waals surface area contributed by atoms with Crippen LogP contribution in [0.15, 0.2) is 18.2 Å². The predicted octanol–water partition coefficient (Wildman–Crippen LogP) is -0.795. The smallest absolute Gasteiger partial charge is 0.493 e. The lowest BCUT2D eigenvalue weighted by atomic mass is 10.1. The Morgan fingerprint density at radius 3 is 2.74 bits per heavy atom. The summed E-state index contributed by atoms with van der Waals surface area (Å²) in [5.41, 5.74) is 7.13. The van der Waals surface area contributed by atoms with Gasteiger partial charge in [-0.2, -0.15) is 0 Å². The number of aromatic nitrogens is 4. The minimum atomic E-state index is -1.77. The van der Waals surface area contributed by atoms with Crippen molar-refractivity contribution in [2.45, 2.75) is 38.3 Å². The van der Waals surface area contributed by atoms with Gasteiger partial charge in [0.2, 0.25) is 5.91 Å². The van der Waals surface area contributed by atoms with Crippen LogP contribution >= 0.6 is 0 Å². The number of carbonyl (C=O) groups excluding carboxylic acids is 1. The van der Waals surface area contributed by atoms with Gasteiger partial charge in [0.15, 0.2) is 17.3 Å². The Morgan fingerprint density at radius 1 is 1.26 bits per heavy atom. The van der Waals surface area contributed by atoms with Gasteiger partial charge in [-0.15, -0.1) is 5.10 Å². The molecular weight excluding hydrogens is 407 g/mol. The molecule has 0 aliphatic rings. The molecule has 1 atom stereocenters. The van der Waals surface area contributed by atoms with Crippen LogP contribution in [0.3, 0.4) is 0 Å². The van der Waals surface area contributed by atoms with Crippen LogP contribution in [0, 0.1) is 0 Å². The second-order valence-electron chi connectivity index (χ2n) is 6.78. The Hall–Kier alpha value is -2.74. The molecule has 0 spiro atoms. The summed E-state index contributed by atoms with van der Waals surface area (Å²) in [6.45, 7) is 0.605. The highest BCUT2D eigenvalue weighted by Gasteiger charge is 2.17. The summed E-state index contributed by atoms with van der Waals surface area (Å²) >= 11 is 0. The van der Waals surface area contributed by atoms with Crippen molar-refractivity contribution < 1.29 is 29.0 Å². The van der Waals surface area contributed by atoms with Crippen molar-refractivity contribution in [2.75, 3.05) is 27.4 Å². The van der Waals surface area contributed by atoms with E-state index < -0.39 is 13.4 Å². The van der Waals surface area contributed by atoms with Gasteiger partial charge in [0.05, 0.1) is 20.3 Å². The van der Waals surface area contributed by atoms with Gasteiger partial charge in [0, 0.05) is 13.2 Å². The number of amides is 1. The van der Waals surface area contributed by atoms with Crippen molar-refractivity contribution in [3.05, 3.63) is 29.6 Å². The number of hydrogen-bond acceptors (Lipinski definition) is 10. The lowest BCUT2D eigenvalue weighted by Crippen LogP contribution is -2.31. The average Bonchev–Trinajstić information content (AvgIpc) is 3.21. The molecular formula is C18H29BN6O6. The zero-order valence-corrected chi connectivity index (χ0v) is 17.7. The van der Waals surface area contributed by atoms with Gasteiger partial charge in [0.25, 0.3) is 0 Å². The molecule has 0 aliphatic carbocycles. The van der Waals surface area contributed by atoms with E-state index >= 15 is 0 Å². The maximum absolute atomic E-state index is 12.3. The molecule has 0 saturated heterocycles. The molecule has 2 rings (SSSR count). The van der Waals surface area contributed by atoms with E-state index in [1.165, 1.54) is 4.68 Å². The highest BCUT2D eigenvalue weighted by molar-refractivity contribution is 6.32. The quantitative estimate of drug-likeness (QED) is 0.218. The van der Waals surface area contributed by atoms with Gasteiger partial charge in [-0.1, -0.05) is 6.07 Å². The third-order valence-corrected chi connectivity index (χ3v) is 4.54. The first kappa shape index (κ1) is 24.5. The van der Waals surface area contributed by atoms with E-state index in [1.807, 2.05) is 18.2 Å². The fraction of sp³-hybridized carbons (Fsp3) is 0.556. The van der Waals surface area contributed by atoms with Crippen LogP contribution < -0.4 is 20.5 Å². The second-order valence-corrected chi connectivity index (χ2v) is 6.78. The summed E-state index contributed by atoms with van der Waals surface area (Å²) in [7, 11) is 1.38. The number of ether oxygens (including phenoxy) is 2. The number of hydrogen-bond donors (Lipinski definition) is 4. The highest BCUT2D eigenvalue weighted by Crippen LogP contribution is 2.27. The molecule has 0 bridgehead atoms. The molecule has 170 valence electrons. The second kappa shape index (κ2) is 12.8. The van der Waals surface area contributed by atoms with E-state index in [9.17, 15) is 4.79 Å². The van der Waals surface area contributed by atoms with E-state index in [0.717, 1.165) is 5.56 Å². The Balaban J connectivity index is 1.77. The summed E-state index contributed by atoms with van der Waals surface area (Å²) in [5, 5.41) is 31.5. The number of nitrogens with one attached hydrogen (secondary N) is 1. The summed E-state index contributed by atoms with van der Waals surface area (Å²) in [6.07, 6.45) is 2.46. The normalized spacial score (nSPS) is 11.8. The van der Waals surface area contributed by atoms with Crippen molar-refractivity contribution in [1.82, 2.24) is 25.5 Å². The molecule has 1 amide bonds. The fourth-order valence-corrected chi connectivity index (χ4v) is 2.95. The Morgan fingerprint density at radius 2 is 2.03 bits per heavy atom. The molecule has 0 radical (unpaired) electrons. The van der Waals surface area contributed by atoms with Gasteiger partial charge < -0.3 is 35.2 Å². The summed E-state index contributed by atoms with van der Waals surface area (Å²) in [5.74, 6) is 1.47. The molecule has 0 fully saturated rings. The van der Waals surface area contributed by atoms with Crippen molar-refractivity contribution in [3.63, 3.8) is 0 Å². The maximum Gasteiger partial charge on any atom is 0.633 e. The van der Waals surface area contributed by atoms with Gasteiger partial charge in [-0.25, -0.2) is 4.68 Å². The first-order valence-electron chi connectivity index (χ1n) is 9.91. The maximum atomic E-state index is 12.3. The molecule has 31 heavy (non-hydrogen) atoms. The first-order valence-corrected chi connectivity index (χ1v) is 9.91. The molecule has 1 aromatic heterocycles. The van der Waals surface area contributed by atoms with E-state index in [-0.39, 0.29) is 19.1 Å². The zero-order chi connectivity index (χ0) is 22.6. The van der Waals surface area contributed by atoms with Gasteiger partial charge >= 0.3 is 7.32 Å². The van der Waals surface area contributed by atoms with Crippen LogP contribution in [-0.2, 0) is 22.4 Å². The van der Waals surface area contributed by atoms with E-state index in [4.69, 9.17) is 25.3 Å². The number of rotatable bonds is 14. The number of nitrogens with zero attached hydrogens (tertiary/aromatic N) is 4. The third kappa shape index (κ3) is 8.13. The third-order valence-electron chi connectivity index (χ3n) is 4.54. The van der Waals surface area contributed by atoms with Gasteiger partial charge in [0.1, 0.15) is 6.54 Å². The molecule has 5 N–H and O–H groups in total. The van der Waals surface area contributed by atoms with Crippen LogP contribution in [0.1, 0.15) is 36.7 Å². The standard InChI is InChI=1S/C18H29BN6O6/c1-29-15-7-6-13(11-16(15)30-2)8-9-21-17(26)12-25-18(22-23-24-25)14(20)5-3-4-10-31-19(27)28/h6-7,11,14,27-28H,3-5,8-10,12,20H2,1-2H3,(H,21,26). The van der Waals surface area contributed by atoms with Crippen LogP contribution in [0.25, 0.3) is 0 Å². The first-order chi connectivity index (χ1) is 14.9. The highest BCUT2D eigenvalue weighted by atomic mass is 16.6. The van der Waals surface area contributed by atoms with Crippen LogP contribution in [0.2, 0.25) is 0 Å². The molecule has 1 aromatic carbocycles. The number of carbonyl (C=O) groups is 1. The van der Waals surface area contributed by atoms with Crippen molar-refractivity contribution in [2.24, 2.45) is 5.73 Å². The minimum Gasteiger partial charge on any atom is -0.493 e. The lowest BCUT2D eigenvalue weighted by molar-refractivity contribution is -0.121. The Kier molecular flexibility index (Phi) is 10.2. The van der Waals surface area contributed by atoms with Crippen LogP contribution in [0.4, 0.5) is 0 Å². The Bertz CT molecular complexity index is 821. The molecule has 1 heterocycles. The number of unbranched alkanes of at least 4 members (excludes halogenated alkanes) is 1. The van der Waals surface area contributed by atoms with Crippen molar-refractivity contribution in [1.29, 1.82) is 0 Å². The fourth-order valence-electron chi connectivity index (χ4n) is 2.95. The Labute approximate surface area is 180 Å². The molecule has 1 unspecified atom stereocenters. The zero-order valence-electron chi connectivity index (χ0n) is 17.7. The molecule has 13 heteroatoms. The molecule has 0 aliphatic heterocycles. The number of benzene rings is 1. The van der Waals surface area contributed by atoms with Gasteiger partial charge in [-0.3, -0.25) is 4.79 Å². The lowest BCUT2D eigenvalue weighted by Gasteiger charge is -2.12. The predicted molar refractivity (Wildman–Crippen MR) is 111 cm³/mol. The molecule has 12 nitrogen and oxygen atoms in total. The number of methoxy groups -OCH3 is 2. The summed E-state index contributed by atoms with van der Waals surface area (Å²) in [4.78, 5) is 12.3. The van der Waals surface area contributed by atoms with Gasteiger partial charge in [-0.05, 0) is 53.8 Å². The molecule has 0 saturated carbocycles. The van der Waals surface area contributed by atoms with Crippen molar-refractivity contribution >= 4 is 13.2 Å². The monoisotopic (exact) mass is 436 g/mol. The number of tetrazole rings is 1. The number of nitrogens with two attached hydrogens (primary N) is 1. The van der Waals surface area contributed by atoms with E-state index in [2.05, 4.69) is 25.5 Å². The van der Waals surface area contributed by atoms with Crippen LogP contribution in [-0.4, -0.2) is 70.9 Å². The summed E-state index contributed by atoms with van der Waals surface area (Å²) in [6, 6.07) is 5.16. The van der Waals surface area contributed by atoms with Crippen LogP contribution in [0.5, 0.6) is 11.5 Å². The SMILES string of the molecule is COc1ccc(CCNC(=O)Cn2nnnc2C(N)CCCCOB(O)O)cc1OC. The largest absolute Gasteiger partial charge is 0.633 e.